The summed E-state index contributed by atoms with van der Waals surface area (Å²) in [5, 5.41) is 13.7. The van der Waals surface area contributed by atoms with Crippen molar-refractivity contribution in [2.45, 2.75) is 0 Å². The largest absolute Gasteiger partial charge is 0.477 e. The van der Waals surface area contributed by atoms with Crippen LogP contribution in [0, 0.1) is 0 Å². The smallest absolute Gasteiger partial charge is 0.341 e. The van der Waals surface area contributed by atoms with E-state index in [1.165, 1.54) is 10.7 Å². The van der Waals surface area contributed by atoms with Gasteiger partial charge in [-0.05, 0) is 18.2 Å². The van der Waals surface area contributed by atoms with E-state index in [2.05, 4.69) is 10.1 Å². The summed E-state index contributed by atoms with van der Waals surface area (Å²) in [5.41, 5.74) is 1.97. The van der Waals surface area contributed by atoms with Crippen LogP contribution in [0.5, 0.6) is 0 Å². The second-order valence-electron chi connectivity index (χ2n) is 3.94. The van der Waals surface area contributed by atoms with Gasteiger partial charge >= 0.3 is 5.97 Å². The molecule has 0 aliphatic rings. The molecule has 1 aromatic carbocycles. The molecule has 0 amide bonds. The molecule has 0 bridgehead atoms. The van der Waals surface area contributed by atoms with Crippen LogP contribution in [-0.4, -0.2) is 25.7 Å². The lowest BCUT2D eigenvalue weighted by Crippen LogP contribution is -1.99. The molecule has 0 aliphatic carbocycles. The number of carbonyl (C=O) groups is 1. The molecule has 19 heavy (non-hydrogen) atoms. The third-order valence-corrected chi connectivity index (χ3v) is 2.99. The van der Waals surface area contributed by atoms with Crippen molar-refractivity contribution in [1.82, 2.24) is 14.6 Å². The summed E-state index contributed by atoms with van der Waals surface area (Å²) in [6.07, 6.45) is 2.85. The summed E-state index contributed by atoms with van der Waals surface area (Å²) in [6, 6.07) is 9.03. The standard InChI is InChI=1S/C13H8ClN3O2/c14-9-3-1-2-8(6-9)11-4-5-15-12-10(13(18)19)7-16-17(11)12/h1-7H,(H,18,19). The van der Waals surface area contributed by atoms with Gasteiger partial charge in [0.1, 0.15) is 5.56 Å². The summed E-state index contributed by atoms with van der Waals surface area (Å²) in [6.45, 7) is 0. The Kier molecular flexibility index (Phi) is 2.68. The normalized spacial score (nSPS) is 10.8. The van der Waals surface area contributed by atoms with Crippen molar-refractivity contribution in [3.05, 3.63) is 53.3 Å². The van der Waals surface area contributed by atoms with Crippen LogP contribution >= 0.6 is 11.6 Å². The molecule has 2 aromatic heterocycles. The Morgan fingerprint density at radius 2 is 2.16 bits per heavy atom. The fourth-order valence-electron chi connectivity index (χ4n) is 1.91. The molecule has 2 heterocycles. The van der Waals surface area contributed by atoms with Crippen LogP contribution in [0.3, 0.4) is 0 Å². The van der Waals surface area contributed by atoms with Gasteiger partial charge in [-0.1, -0.05) is 23.7 Å². The fraction of sp³-hybridized carbons (Fsp3) is 0. The summed E-state index contributed by atoms with van der Waals surface area (Å²) >= 11 is 5.96. The van der Waals surface area contributed by atoms with Gasteiger partial charge in [0.15, 0.2) is 5.65 Å². The van der Waals surface area contributed by atoms with Gasteiger partial charge in [0, 0.05) is 16.8 Å². The van der Waals surface area contributed by atoms with E-state index in [1.807, 2.05) is 12.1 Å². The zero-order valence-corrected chi connectivity index (χ0v) is 10.4. The van der Waals surface area contributed by atoms with E-state index < -0.39 is 5.97 Å². The maximum Gasteiger partial charge on any atom is 0.341 e. The number of halogens is 1. The van der Waals surface area contributed by atoms with Crippen LogP contribution in [0.25, 0.3) is 16.9 Å². The van der Waals surface area contributed by atoms with Crippen molar-refractivity contribution in [2.75, 3.05) is 0 Å². The Balaban J connectivity index is 2.28. The van der Waals surface area contributed by atoms with E-state index in [0.717, 1.165) is 11.3 Å². The molecule has 0 fully saturated rings. The Labute approximate surface area is 113 Å². The van der Waals surface area contributed by atoms with E-state index in [4.69, 9.17) is 16.7 Å². The molecule has 3 rings (SSSR count). The Morgan fingerprint density at radius 1 is 1.32 bits per heavy atom. The van der Waals surface area contributed by atoms with E-state index in [-0.39, 0.29) is 5.56 Å². The average Bonchev–Trinajstić information content (AvgIpc) is 2.82. The molecule has 1 N–H and O–H groups in total. The molecule has 0 atom stereocenters. The van der Waals surface area contributed by atoms with Crippen molar-refractivity contribution < 1.29 is 9.90 Å². The van der Waals surface area contributed by atoms with Crippen LogP contribution in [-0.2, 0) is 0 Å². The maximum atomic E-state index is 11.1. The maximum absolute atomic E-state index is 11.1. The van der Waals surface area contributed by atoms with Gasteiger partial charge in [-0.2, -0.15) is 5.10 Å². The molecule has 0 radical (unpaired) electrons. The third kappa shape index (κ3) is 1.94. The van der Waals surface area contributed by atoms with Crippen molar-refractivity contribution in [2.24, 2.45) is 0 Å². The van der Waals surface area contributed by atoms with Crippen molar-refractivity contribution in [1.29, 1.82) is 0 Å². The van der Waals surface area contributed by atoms with Crippen LogP contribution in [0.4, 0.5) is 0 Å². The Morgan fingerprint density at radius 3 is 2.89 bits per heavy atom. The highest BCUT2D eigenvalue weighted by Gasteiger charge is 2.14. The summed E-state index contributed by atoms with van der Waals surface area (Å²) in [4.78, 5) is 15.1. The van der Waals surface area contributed by atoms with Gasteiger partial charge in [0.05, 0.1) is 11.9 Å². The fourth-order valence-corrected chi connectivity index (χ4v) is 2.10. The highest BCUT2D eigenvalue weighted by molar-refractivity contribution is 6.30. The highest BCUT2D eigenvalue weighted by atomic mass is 35.5. The van der Waals surface area contributed by atoms with Gasteiger partial charge in [0.25, 0.3) is 0 Å². The number of aromatic nitrogens is 3. The van der Waals surface area contributed by atoms with Gasteiger partial charge in [-0.25, -0.2) is 14.3 Å². The predicted octanol–water partition coefficient (Wildman–Crippen LogP) is 2.75. The first-order valence-corrected chi connectivity index (χ1v) is 5.86. The third-order valence-electron chi connectivity index (χ3n) is 2.75. The van der Waals surface area contributed by atoms with Gasteiger partial charge in [0.2, 0.25) is 0 Å². The van der Waals surface area contributed by atoms with Crippen LogP contribution < -0.4 is 0 Å². The molecule has 0 saturated heterocycles. The second-order valence-corrected chi connectivity index (χ2v) is 4.38. The molecular formula is C13H8ClN3O2. The number of hydrogen-bond acceptors (Lipinski definition) is 3. The predicted molar refractivity (Wildman–Crippen MR) is 70.4 cm³/mol. The van der Waals surface area contributed by atoms with Gasteiger partial charge in [-0.3, -0.25) is 0 Å². The van der Waals surface area contributed by atoms with E-state index >= 15 is 0 Å². The first-order valence-electron chi connectivity index (χ1n) is 5.49. The lowest BCUT2D eigenvalue weighted by molar-refractivity contribution is 0.0699. The molecule has 0 spiro atoms. The number of carboxylic acid groups (broad SMARTS) is 1. The molecule has 0 unspecified atom stereocenters. The van der Waals surface area contributed by atoms with Crippen LogP contribution in [0.2, 0.25) is 5.02 Å². The van der Waals surface area contributed by atoms with E-state index in [0.29, 0.717) is 10.7 Å². The molecule has 0 aliphatic heterocycles. The monoisotopic (exact) mass is 273 g/mol. The van der Waals surface area contributed by atoms with Crippen molar-refractivity contribution in [3.8, 4) is 11.3 Å². The second kappa shape index (κ2) is 4.37. The van der Waals surface area contributed by atoms with E-state index in [1.54, 1.807) is 24.4 Å². The van der Waals surface area contributed by atoms with Gasteiger partial charge < -0.3 is 5.11 Å². The van der Waals surface area contributed by atoms with Crippen molar-refractivity contribution in [3.63, 3.8) is 0 Å². The summed E-state index contributed by atoms with van der Waals surface area (Å²) in [5.74, 6) is -1.05. The first kappa shape index (κ1) is 11.7. The minimum Gasteiger partial charge on any atom is -0.477 e. The molecule has 6 heteroatoms. The molecule has 0 saturated carbocycles. The number of nitrogens with zero attached hydrogens (tertiary/aromatic N) is 3. The zero-order chi connectivity index (χ0) is 13.4. The van der Waals surface area contributed by atoms with E-state index in [9.17, 15) is 4.79 Å². The minimum atomic E-state index is -1.05. The Bertz CT molecular complexity index is 782. The number of rotatable bonds is 2. The quantitative estimate of drug-likeness (QED) is 0.779. The number of benzene rings is 1. The summed E-state index contributed by atoms with van der Waals surface area (Å²) < 4.78 is 1.50. The molecular weight excluding hydrogens is 266 g/mol. The first-order chi connectivity index (χ1) is 9.16. The molecule has 3 aromatic rings. The number of aromatic carboxylic acids is 1. The molecule has 94 valence electrons. The molecule has 5 nitrogen and oxygen atoms in total. The lowest BCUT2D eigenvalue weighted by atomic mass is 10.1. The topological polar surface area (TPSA) is 67.5 Å². The van der Waals surface area contributed by atoms with Crippen molar-refractivity contribution >= 4 is 23.2 Å². The average molecular weight is 274 g/mol. The number of carboxylic acids is 1. The summed E-state index contributed by atoms with van der Waals surface area (Å²) in [7, 11) is 0. The minimum absolute atomic E-state index is 0.0730. The number of fused-ring (bicyclic) bond motifs is 1. The Hall–Kier alpha value is -2.40. The van der Waals surface area contributed by atoms with Crippen LogP contribution in [0.1, 0.15) is 10.4 Å². The lowest BCUT2D eigenvalue weighted by Gasteiger charge is -2.04. The van der Waals surface area contributed by atoms with Crippen LogP contribution in [0.15, 0.2) is 42.7 Å². The number of hydrogen-bond donors (Lipinski definition) is 1. The zero-order valence-electron chi connectivity index (χ0n) is 9.62. The SMILES string of the molecule is O=C(O)c1cnn2c(-c3cccc(Cl)c3)ccnc12. The van der Waals surface area contributed by atoms with Gasteiger partial charge in [-0.15, -0.1) is 0 Å². The highest BCUT2D eigenvalue weighted by Crippen LogP contribution is 2.23.